The maximum Gasteiger partial charge on any atom is 0.0101 e. The van der Waals surface area contributed by atoms with Gasteiger partial charge in [0.05, 0.1) is 0 Å². The fourth-order valence-electron chi connectivity index (χ4n) is 2.10. The Balaban J connectivity index is 2.04. The highest BCUT2D eigenvalue weighted by Gasteiger charge is 2.27. The van der Waals surface area contributed by atoms with E-state index >= 15 is 0 Å². The van der Waals surface area contributed by atoms with Crippen LogP contribution in [0.5, 0.6) is 0 Å². The molecule has 0 radical (unpaired) electrons. The summed E-state index contributed by atoms with van der Waals surface area (Å²) >= 11 is 0. The lowest BCUT2D eigenvalue weighted by Crippen LogP contribution is -2.34. The minimum atomic E-state index is 0.603. The molecular weight excluding hydrogens is 160 g/mol. The van der Waals surface area contributed by atoms with Gasteiger partial charge in [-0.1, -0.05) is 19.8 Å². The van der Waals surface area contributed by atoms with Gasteiger partial charge in [0.25, 0.3) is 0 Å². The molecule has 0 spiro atoms. The van der Waals surface area contributed by atoms with E-state index in [1.54, 1.807) is 0 Å². The van der Waals surface area contributed by atoms with E-state index in [1.807, 2.05) is 0 Å². The van der Waals surface area contributed by atoms with E-state index < -0.39 is 0 Å². The average Bonchev–Trinajstić information content (AvgIpc) is 2.47. The van der Waals surface area contributed by atoms with Gasteiger partial charge in [0.1, 0.15) is 0 Å². The van der Waals surface area contributed by atoms with Crippen molar-refractivity contribution in [1.82, 2.24) is 10.2 Å². The summed E-state index contributed by atoms with van der Waals surface area (Å²) in [6.07, 6.45) is 5.71. The molecule has 78 valence electrons. The van der Waals surface area contributed by atoms with Crippen LogP contribution in [0.2, 0.25) is 0 Å². The smallest absolute Gasteiger partial charge is 0.0101 e. The molecule has 13 heavy (non-hydrogen) atoms. The third kappa shape index (κ3) is 4.10. The van der Waals surface area contributed by atoms with Gasteiger partial charge in [-0.2, -0.15) is 0 Å². The molecule has 1 rings (SSSR count). The predicted molar refractivity (Wildman–Crippen MR) is 58.0 cm³/mol. The van der Waals surface area contributed by atoms with E-state index in [9.17, 15) is 0 Å². The summed E-state index contributed by atoms with van der Waals surface area (Å²) in [6.45, 7) is 5.90. The SMILES string of the molecule is CN(C)CCNCC1(C)CCCC1. The van der Waals surface area contributed by atoms with E-state index in [4.69, 9.17) is 0 Å². The quantitative estimate of drug-likeness (QED) is 0.654. The largest absolute Gasteiger partial charge is 0.315 e. The Hall–Kier alpha value is -0.0800. The molecular formula is C11H24N2. The zero-order chi connectivity index (χ0) is 9.73. The molecule has 0 heterocycles. The molecule has 0 aromatic heterocycles. The van der Waals surface area contributed by atoms with Gasteiger partial charge in [0.15, 0.2) is 0 Å². The topological polar surface area (TPSA) is 15.3 Å². The highest BCUT2D eigenvalue weighted by molar-refractivity contribution is 4.82. The Bertz CT molecular complexity index is 137. The Morgan fingerprint density at radius 2 is 1.85 bits per heavy atom. The van der Waals surface area contributed by atoms with Crippen LogP contribution in [-0.4, -0.2) is 38.6 Å². The van der Waals surface area contributed by atoms with Crippen LogP contribution in [0.4, 0.5) is 0 Å². The first kappa shape index (κ1) is 11.0. The lowest BCUT2D eigenvalue weighted by Gasteiger charge is -2.24. The van der Waals surface area contributed by atoms with Crippen LogP contribution in [0.15, 0.2) is 0 Å². The van der Waals surface area contributed by atoms with Crippen LogP contribution in [0.3, 0.4) is 0 Å². The molecule has 2 heteroatoms. The Morgan fingerprint density at radius 3 is 2.38 bits per heavy atom. The van der Waals surface area contributed by atoms with Crippen molar-refractivity contribution in [3.05, 3.63) is 0 Å². The zero-order valence-electron chi connectivity index (χ0n) is 9.40. The van der Waals surface area contributed by atoms with E-state index in [-0.39, 0.29) is 0 Å². The fraction of sp³-hybridized carbons (Fsp3) is 1.00. The molecule has 0 bridgehead atoms. The van der Waals surface area contributed by atoms with E-state index in [2.05, 4.69) is 31.2 Å². The van der Waals surface area contributed by atoms with Crippen LogP contribution in [0, 0.1) is 5.41 Å². The molecule has 1 N–H and O–H groups in total. The second-order valence-corrected chi connectivity index (χ2v) is 5.00. The third-order valence-electron chi connectivity index (χ3n) is 3.10. The summed E-state index contributed by atoms with van der Waals surface area (Å²) in [7, 11) is 4.25. The minimum absolute atomic E-state index is 0.603. The molecule has 1 saturated carbocycles. The van der Waals surface area contributed by atoms with Crippen LogP contribution in [0.25, 0.3) is 0 Å². The van der Waals surface area contributed by atoms with E-state index in [1.165, 1.54) is 32.2 Å². The summed E-state index contributed by atoms with van der Waals surface area (Å²) in [5, 5.41) is 3.56. The van der Waals surface area contributed by atoms with Gasteiger partial charge in [-0.25, -0.2) is 0 Å². The van der Waals surface area contributed by atoms with E-state index in [0.29, 0.717) is 5.41 Å². The van der Waals surface area contributed by atoms with Crippen molar-refractivity contribution in [2.75, 3.05) is 33.7 Å². The van der Waals surface area contributed by atoms with Gasteiger partial charge in [0.2, 0.25) is 0 Å². The molecule has 0 amide bonds. The third-order valence-corrected chi connectivity index (χ3v) is 3.10. The maximum absolute atomic E-state index is 3.56. The van der Waals surface area contributed by atoms with Crippen molar-refractivity contribution in [2.45, 2.75) is 32.6 Å². The Labute approximate surface area is 82.7 Å². The van der Waals surface area contributed by atoms with Gasteiger partial charge >= 0.3 is 0 Å². The van der Waals surface area contributed by atoms with Crippen molar-refractivity contribution in [3.63, 3.8) is 0 Å². The van der Waals surface area contributed by atoms with Gasteiger partial charge in [-0.05, 0) is 32.4 Å². The zero-order valence-corrected chi connectivity index (χ0v) is 9.40. The van der Waals surface area contributed by atoms with Crippen LogP contribution in [-0.2, 0) is 0 Å². The van der Waals surface area contributed by atoms with Crippen molar-refractivity contribution < 1.29 is 0 Å². The molecule has 0 atom stereocenters. The second-order valence-electron chi connectivity index (χ2n) is 5.00. The highest BCUT2D eigenvalue weighted by Crippen LogP contribution is 2.36. The summed E-state index contributed by atoms with van der Waals surface area (Å²) in [5.41, 5.74) is 0.603. The van der Waals surface area contributed by atoms with Crippen molar-refractivity contribution in [3.8, 4) is 0 Å². The average molecular weight is 184 g/mol. The van der Waals surface area contributed by atoms with Gasteiger partial charge < -0.3 is 10.2 Å². The molecule has 2 nitrogen and oxygen atoms in total. The molecule has 0 unspecified atom stereocenters. The number of hydrogen-bond acceptors (Lipinski definition) is 2. The molecule has 0 aromatic carbocycles. The summed E-state index contributed by atoms with van der Waals surface area (Å²) in [5.74, 6) is 0. The lowest BCUT2D eigenvalue weighted by atomic mass is 9.89. The lowest BCUT2D eigenvalue weighted by molar-refractivity contribution is 0.304. The number of likely N-dealkylation sites (N-methyl/N-ethyl adjacent to an activating group) is 1. The second kappa shape index (κ2) is 4.97. The van der Waals surface area contributed by atoms with E-state index in [0.717, 1.165) is 13.1 Å². The molecule has 0 saturated heterocycles. The summed E-state index contributed by atoms with van der Waals surface area (Å²) in [4.78, 5) is 2.23. The number of hydrogen-bond donors (Lipinski definition) is 1. The number of rotatable bonds is 5. The van der Waals surface area contributed by atoms with Crippen molar-refractivity contribution in [1.29, 1.82) is 0 Å². The molecule has 0 aliphatic heterocycles. The molecule has 1 aliphatic carbocycles. The van der Waals surface area contributed by atoms with Crippen LogP contribution in [0.1, 0.15) is 32.6 Å². The van der Waals surface area contributed by atoms with Crippen molar-refractivity contribution >= 4 is 0 Å². The first-order valence-electron chi connectivity index (χ1n) is 5.48. The predicted octanol–water partition coefficient (Wildman–Crippen LogP) is 1.72. The van der Waals surface area contributed by atoms with Gasteiger partial charge in [0, 0.05) is 19.6 Å². The molecule has 1 aliphatic rings. The summed E-state index contributed by atoms with van der Waals surface area (Å²) < 4.78 is 0. The normalized spacial score (nSPS) is 21.2. The summed E-state index contributed by atoms with van der Waals surface area (Å²) in [6, 6.07) is 0. The number of nitrogens with one attached hydrogen (secondary N) is 1. The Morgan fingerprint density at radius 1 is 1.23 bits per heavy atom. The minimum Gasteiger partial charge on any atom is -0.315 e. The fourth-order valence-corrected chi connectivity index (χ4v) is 2.10. The monoisotopic (exact) mass is 184 g/mol. The van der Waals surface area contributed by atoms with Gasteiger partial charge in [-0.3, -0.25) is 0 Å². The standard InChI is InChI=1S/C11H24N2/c1-11(6-4-5-7-11)10-12-8-9-13(2)3/h12H,4-10H2,1-3H3. The molecule has 1 fully saturated rings. The maximum atomic E-state index is 3.56. The number of nitrogens with zero attached hydrogens (tertiary/aromatic N) is 1. The first-order chi connectivity index (χ1) is 6.12. The van der Waals surface area contributed by atoms with Crippen LogP contribution >= 0.6 is 0 Å². The van der Waals surface area contributed by atoms with Gasteiger partial charge in [-0.15, -0.1) is 0 Å². The molecule has 0 aromatic rings. The van der Waals surface area contributed by atoms with Crippen LogP contribution < -0.4 is 5.32 Å². The Kier molecular flexibility index (Phi) is 4.20. The first-order valence-corrected chi connectivity index (χ1v) is 5.48. The van der Waals surface area contributed by atoms with Crippen molar-refractivity contribution in [2.24, 2.45) is 5.41 Å². The highest BCUT2D eigenvalue weighted by atomic mass is 15.1.